The highest BCUT2D eigenvalue weighted by molar-refractivity contribution is 5.95. The first kappa shape index (κ1) is 19.4. The van der Waals surface area contributed by atoms with Crippen molar-refractivity contribution in [2.75, 3.05) is 6.54 Å². The van der Waals surface area contributed by atoms with E-state index in [4.69, 9.17) is 0 Å². The van der Waals surface area contributed by atoms with Gasteiger partial charge in [-0.05, 0) is 11.6 Å². The Kier molecular flexibility index (Phi) is 5.56. The molecule has 3 amide bonds. The van der Waals surface area contributed by atoms with E-state index in [9.17, 15) is 14.4 Å². The molecule has 4 rings (SSSR count). The van der Waals surface area contributed by atoms with Crippen molar-refractivity contribution in [1.29, 1.82) is 0 Å². The number of hydrogen-bond donors (Lipinski definition) is 3. The molecule has 2 heterocycles. The number of amides is 3. The first-order chi connectivity index (χ1) is 14.6. The molecule has 1 aromatic heterocycles. The molecule has 30 heavy (non-hydrogen) atoms. The maximum Gasteiger partial charge on any atom is 0.287 e. The Hall–Kier alpha value is -3.94. The number of benzene rings is 2. The first-order valence-corrected chi connectivity index (χ1v) is 9.63. The molecule has 8 nitrogen and oxygen atoms in total. The number of carbonyl (C=O) groups is 3. The monoisotopic (exact) mass is 403 g/mol. The highest BCUT2D eigenvalue weighted by Crippen LogP contribution is 2.20. The molecule has 0 radical (unpaired) electrons. The van der Waals surface area contributed by atoms with Crippen molar-refractivity contribution in [3.05, 3.63) is 78.0 Å². The van der Waals surface area contributed by atoms with Crippen LogP contribution in [0.25, 0.3) is 11.3 Å². The van der Waals surface area contributed by atoms with E-state index in [0.29, 0.717) is 18.8 Å². The Balaban J connectivity index is 1.30. The van der Waals surface area contributed by atoms with Gasteiger partial charge in [-0.2, -0.15) is 5.10 Å². The van der Waals surface area contributed by atoms with Crippen LogP contribution in [-0.4, -0.2) is 39.4 Å². The van der Waals surface area contributed by atoms with Crippen molar-refractivity contribution < 1.29 is 14.4 Å². The second-order valence-electron chi connectivity index (χ2n) is 7.14. The molecule has 3 N–H and O–H groups in total. The summed E-state index contributed by atoms with van der Waals surface area (Å²) in [5.41, 5.74) is 7.53. The molecule has 0 saturated carbocycles. The lowest BCUT2D eigenvalue weighted by molar-refractivity contribution is -0.129. The van der Waals surface area contributed by atoms with Crippen LogP contribution >= 0.6 is 0 Å². The largest absolute Gasteiger partial charge is 0.338 e. The molecule has 152 valence electrons. The lowest BCUT2D eigenvalue weighted by Gasteiger charge is -2.16. The van der Waals surface area contributed by atoms with Crippen LogP contribution in [0.1, 0.15) is 22.5 Å². The summed E-state index contributed by atoms with van der Waals surface area (Å²) < 4.78 is 0. The lowest BCUT2D eigenvalue weighted by Crippen LogP contribution is -2.45. The highest BCUT2D eigenvalue weighted by Gasteiger charge is 2.34. The molecule has 0 unspecified atom stereocenters. The number of likely N-dealkylation sites (tertiary alicyclic amines) is 1. The van der Waals surface area contributed by atoms with Gasteiger partial charge in [-0.3, -0.25) is 30.3 Å². The molecular formula is C22H21N5O3. The second kappa shape index (κ2) is 8.60. The number of nitrogens with one attached hydrogen (secondary N) is 3. The van der Waals surface area contributed by atoms with Crippen molar-refractivity contribution in [3.63, 3.8) is 0 Å². The molecule has 1 aliphatic rings. The lowest BCUT2D eigenvalue weighted by atomic mass is 10.1. The summed E-state index contributed by atoms with van der Waals surface area (Å²) in [6.45, 7) is 0.782. The average Bonchev–Trinajstić information content (AvgIpc) is 3.41. The van der Waals surface area contributed by atoms with Gasteiger partial charge in [0.15, 0.2) is 0 Å². The topological polar surface area (TPSA) is 107 Å². The zero-order valence-corrected chi connectivity index (χ0v) is 16.2. The normalized spacial score (nSPS) is 15.8. The molecule has 0 bridgehead atoms. The number of aromatic amines is 1. The number of rotatable bonds is 5. The van der Waals surface area contributed by atoms with E-state index in [1.165, 1.54) is 0 Å². The van der Waals surface area contributed by atoms with Crippen LogP contribution in [0.15, 0.2) is 66.7 Å². The number of hydrogen-bond acceptors (Lipinski definition) is 4. The fraction of sp³-hybridized carbons (Fsp3) is 0.182. The average molecular weight is 403 g/mol. The van der Waals surface area contributed by atoms with Crippen LogP contribution in [0.3, 0.4) is 0 Å². The molecule has 0 spiro atoms. The Morgan fingerprint density at radius 3 is 2.47 bits per heavy atom. The van der Waals surface area contributed by atoms with E-state index >= 15 is 0 Å². The highest BCUT2D eigenvalue weighted by atomic mass is 16.2. The molecule has 8 heteroatoms. The Morgan fingerprint density at radius 1 is 1.03 bits per heavy atom. The summed E-state index contributed by atoms with van der Waals surface area (Å²) in [5, 5.41) is 6.78. The van der Waals surface area contributed by atoms with Crippen molar-refractivity contribution in [2.24, 2.45) is 5.92 Å². The van der Waals surface area contributed by atoms with Gasteiger partial charge in [-0.15, -0.1) is 0 Å². The van der Waals surface area contributed by atoms with Gasteiger partial charge in [0.25, 0.3) is 5.91 Å². The van der Waals surface area contributed by atoms with Gasteiger partial charge in [0.1, 0.15) is 5.69 Å². The summed E-state index contributed by atoms with van der Waals surface area (Å²) in [7, 11) is 0. The standard InChI is InChI=1S/C22H21N5O3/c28-20-11-17(14-27(20)13-15-7-3-1-4-8-15)21(29)25-26-22(30)19-12-18(23-24-19)16-9-5-2-6-10-16/h1-10,12,17H,11,13-14H2,(H,23,24)(H,25,29)(H,26,30)/t17-/m0/s1. The van der Waals surface area contributed by atoms with Crippen LogP contribution in [-0.2, 0) is 16.1 Å². The second-order valence-corrected chi connectivity index (χ2v) is 7.14. The molecular weight excluding hydrogens is 382 g/mol. The van der Waals surface area contributed by atoms with Crippen molar-refractivity contribution in [3.8, 4) is 11.3 Å². The van der Waals surface area contributed by atoms with Crippen LogP contribution in [0, 0.1) is 5.92 Å². The van der Waals surface area contributed by atoms with Gasteiger partial charge in [-0.25, -0.2) is 0 Å². The molecule has 1 fully saturated rings. The predicted octanol–water partition coefficient (Wildman–Crippen LogP) is 1.89. The summed E-state index contributed by atoms with van der Waals surface area (Å²) in [6, 6.07) is 20.7. The third kappa shape index (κ3) is 4.38. The number of hydrazine groups is 1. The minimum Gasteiger partial charge on any atom is -0.338 e. The molecule has 1 aliphatic heterocycles. The molecule has 3 aromatic rings. The van der Waals surface area contributed by atoms with Crippen LogP contribution in [0.2, 0.25) is 0 Å². The van der Waals surface area contributed by atoms with Crippen LogP contribution in [0.5, 0.6) is 0 Å². The van der Waals surface area contributed by atoms with E-state index in [0.717, 1.165) is 11.1 Å². The number of carbonyl (C=O) groups excluding carboxylic acids is 3. The molecule has 0 aliphatic carbocycles. The third-order valence-electron chi connectivity index (χ3n) is 4.99. The fourth-order valence-electron chi connectivity index (χ4n) is 3.39. The molecule has 1 atom stereocenters. The first-order valence-electron chi connectivity index (χ1n) is 9.63. The minimum atomic E-state index is -0.511. The van der Waals surface area contributed by atoms with E-state index < -0.39 is 17.7 Å². The van der Waals surface area contributed by atoms with Crippen LogP contribution < -0.4 is 10.9 Å². The maximum absolute atomic E-state index is 12.4. The van der Waals surface area contributed by atoms with Crippen LogP contribution in [0.4, 0.5) is 0 Å². The van der Waals surface area contributed by atoms with Gasteiger partial charge in [0.2, 0.25) is 11.8 Å². The van der Waals surface area contributed by atoms with Crippen molar-refractivity contribution in [2.45, 2.75) is 13.0 Å². The Morgan fingerprint density at radius 2 is 1.73 bits per heavy atom. The Labute approximate surface area is 173 Å². The quantitative estimate of drug-likeness (QED) is 0.566. The van der Waals surface area contributed by atoms with Gasteiger partial charge >= 0.3 is 0 Å². The van der Waals surface area contributed by atoms with Gasteiger partial charge in [-0.1, -0.05) is 60.7 Å². The smallest absolute Gasteiger partial charge is 0.287 e. The molecule has 2 aromatic carbocycles. The summed E-state index contributed by atoms with van der Waals surface area (Å²) in [5.74, 6) is -1.49. The fourth-order valence-corrected chi connectivity index (χ4v) is 3.39. The summed E-state index contributed by atoms with van der Waals surface area (Å²) in [4.78, 5) is 38.6. The zero-order chi connectivity index (χ0) is 20.9. The maximum atomic E-state index is 12.4. The van der Waals surface area contributed by atoms with Crippen molar-refractivity contribution >= 4 is 17.7 Å². The van der Waals surface area contributed by atoms with Gasteiger partial charge < -0.3 is 4.90 Å². The SMILES string of the molecule is O=C(NNC(=O)[C@H]1CC(=O)N(Cc2ccccc2)C1)c1cc(-c2ccccc2)n[nH]1. The van der Waals surface area contributed by atoms with E-state index in [2.05, 4.69) is 21.0 Å². The summed E-state index contributed by atoms with van der Waals surface area (Å²) in [6.07, 6.45) is 0.122. The minimum absolute atomic E-state index is 0.0774. The number of nitrogens with zero attached hydrogens (tertiary/aromatic N) is 2. The van der Waals surface area contributed by atoms with Gasteiger partial charge in [0, 0.05) is 25.1 Å². The predicted molar refractivity (Wildman–Crippen MR) is 110 cm³/mol. The van der Waals surface area contributed by atoms with E-state index in [1.54, 1.807) is 11.0 Å². The zero-order valence-electron chi connectivity index (χ0n) is 16.2. The Bertz CT molecular complexity index is 1050. The van der Waals surface area contributed by atoms with E-state index in [1.807, 2.05) is 60.7 Å². The summed E-state index contributed by atoms with van der Waals surface area (Å²) >= 11 is 0. The van der Waals surface area contributed by atoms with Gasteiger partial charge in [0.05, 0.1) is 11.6 Å². The van der Waals surface area contributed by atoms with Crippen molar-refractivity contribution in [1.82, 2.24) is 25.9 Å². The molecule has 1 saturated heterocycles. The number of H-pyrrole nitrogens is 1. The third-order valence-corrected chi connectivity index (χ3v) is 4.99. The number of aromatic nitrogens is 2. The van der Waals surface area contributed by atoms with E-state index in [-0.39, 0.29) is 18.0 Å².